The molecule has 0 aromatic heterocycles. The maximum atomic E-state index is 11.3. The second-order valence-electron chi connectivity index (χ2n) is 4.27. The Kier molecular flexibility index (Phi) is 8.38. The van der Waals surface area contributed by atoms with E-state index in [1.165, 1.54) is 25.7 Å². The van der Waals surface area contributed by atoms with Gasteiger partial charge >= 0.3 is 0 Å². The van der Waals surface area contributed by atoms with Gasteiger partial charge in [-0.05, 0) is 12.8 Å². The van der Waals surface area contributed by atoms with Crippen molar-refractivity contribution in [2.75, 3.05) is 20.6 Å². The van der Waals surface area contributed by atoms with Crippen molar-refractivity contribution in [1.82, 2.24) is 10.2 Å². The number of hydrogen-bond acceptors (Lipinski definition) is 2. The second kappa shape index (κ2) is 8.72. The number of carbonyl (C=O) groups excluding carboxylic acids is 1. The van der Waals surface area contributed by atoms with Crippen LogP contribution < -0.4 is 5.32 Å². The molecule has 0 aromatic carbocycles. The molecule has 1 N–H and O–H groups in total. The van der Waals surface area contributed by atoms with E-state index >= 15 is 0 Å². The van der Waals surface area contributed by atoms with Gasteiger partial charge < -0.3 is 10.2 Å². The lowest BCUT2D eigenvalue weighted by atomic mass is 10.1. The first-order valence-corrected chi connectivity index (χ1v) is 6.05. The monoisotopic (exact) mass is 214 g/mol. The lowest BCUT2D eigenvalue weighted by molar-refractivity contribution is -0.128. The van der Waals surface area contributed by atoms with Gasteiger partial charge in [-0.2, -0.15) is 0 Å². The van der Waals surface area contributed by atoms with Crippen molar-refractivity contribution >= 4 is 5.91 Å². The minimum Gasteiger partial charge on any atom is -0.349 e. The summed E-state index contributed by atoms with van der Waals surface area (Å²) in [5, 5.41) is 3.46. The third-order valence-electron chi connectivity index (χ3n) is 2.54. The van der Waals surface area contributed by atoms with Gasteiger partial charge in [0.15, 0.2) is 0 Å². The number of hydrogen-bond donors (Lipinski definition) is 1. The summed E-state index contributed by atoms with van der Waals surface area (Å²) in [6.07, 6.45) is 5.45. The van der Waals surface area contributed by atoms with Crippen LogP contribution in [0.5, 0.6) is 0 Å². The molecule has 0 aliphatic heterocycles. The first-order valence-electron chi connectivity index (χ1n) is 6.05. The fourth-order valence-corrected chi connectivity index (χ4v) is 1.65. The van der Waals surface area contributed by atoms with E-state index in [4.69, 9.17) is 0 Å². The highest BCUT2D eigenvalue weighted by molar-refractivity contribution is 5.75. The summed E-state index contributed by atoms with van der Waals surface area (Å²) >= 11 is 0. The van der Waals surface area contributed by atoms with E-state index in [-0.39, 0.29) is 5.91 Å². The fourth-order valence-electron chi connectivity index (χ4n) is 1.65. The Morgan fingerprint density at radius 3 is 2.13 bits per heavy atom. The van der Waals surface area contributed by atoms with Crippen LogP contribution in [0.25, 0.3) is 0 Å². The molecule has 0 saturated carbocycles. The van der Waals surface area contributed by atoms with Gasteiger partial charge in [0.05, 0.1) is 0 Å². The average molecular weight is 214 g/mol. The predicted octanol–water partition coefficient (Wildman–Crippen LogP) is 2.02. The molecule has 0 bridgehead atoms. The Hall–Kier alpha value is -0.570. The molecular formula is C12H26N2O. The van der Waals surface area contributed by atoms with Gasteiger partial charge in [0.25, 0.3) is 0 Å². The largest absolute Gasteiger partial charge is 0.349 e. The van der Waals surface area contributed by atoms with E-state index < -0.39 is 0 Å². The van der Waals surface area contributed by atoms with Crippen LogP contribution in [0.1, 0.15) is 46.0 Å². The summed E-state index contributed by atoms with van der Waals surface area (Å²) in [6, 6.07) is 0.593. The van der Waals surface area contributed by atoms with E-state index in [1.807, 2.05) is 0 Å². The summed E-state index contributed by atoms with van der Waals surface area (Å²) < 4.78 is 0. The van der Waals surface area contributed by atoms with Crippen molar-refractivity contribution in [3.63, 3.8) is 0 Å². The SMILES string of the molecule is CCCC(CCC)NCCC(=O)N(C)C. The van der Waals surface area contributed by atoms with E-state index in [1.54, 1.807) is 19.0 Å². The molecule has 90 valence electrons. The fraction of sp³-hybridized carbons (Fsp3) is 0.917. The number of amides is 1. The minimum absolute atomic E-state index is 0.203. The topological polar surface area (TPSA) is 32.3 Å². The van der Waals surface area contributed by atoms with Crippen molar-refractivity contribution in [2.24, 2.45) is 0 Å². The van der Waals surface area contributed by atoms with Gasteiger partial charge in [-0.25, -0.2) is 0 Å². The van der Waals surface area contributed by atoms with E-state index in [0.29, 0.717) is 12.5 Å². The van der Waals surface area contributed by atoms with Gasteiger partial charge in [-0.1, -0.05) is 26.7 Å². The molecule has 0 aliphatic rings. The molecule has 0 radical (unpaired) electrons. The molecule has 0 spiro atoms. The molecule has 3 heteroatoms. The number of carbonyl (C=O) groups is 1. The van der Waals surface area contributed by atoms with E-state index in [9.17, 15) is 4.79 Å². The molecule has 0 heterocycles. The van der Waals surface area contributed by atoms with Crippen LogP contribution in [-0.4, -0.2) is 37.5 Å². The van der Waals surface area contributed by atoms with Crippen LogP contribution in [-0.2, 0) is 4.79 Å². The second-order valence-corrected chi connectivity index (χ2v) is 4.27. The summed E-state index contributed by atoms with van der Waals surface area (Å²) in [5.41, 5.74) is 0. The third kappa shape index (κ3) is 7.37. The number of rotatable bonds is 8. The molecule has 0 atom stereocenters. The number of nitrogens with one attached hydrogen (secondary N) is 1. The van der Waals surface area contributed by atoms with Crippen molar-refractivity contribution in [1.29, 1.82) is 0 Å². The number of nitrogens with zero attached hydrogens (tertiary/aromatic N) is 1. The molecule has 0 saturated heterocycles. The minimum atomic E-state index is 0.203. The molecular weight excluding hydrogens is 188 g/mol. The molecule has 0 rings (SSSR count). The Balaban J connectivity index is 3.65. The van der Waals surface area contributed by atoms with Crippen LogP contribution in [0.15, 0.2) is 0 Å². The zero-order valence-electron chi connectivity index (χ0n) is 10.7. The maximum Gasteiger partial charge on any atom is 0.223 e. The average Bonchev–Trinajstić information content (AvgIpc) is 2.18. The molecule has 0 aromatic rings. The van der Waals surface area contributed by atoms with Crippen molar-refractivity contribution in [3.8, 4) is 0 Å². The third-order valence-corrected chi connectivity index (χ3v) is 2.54. The van der Waals surface area contributed by atoms with Gasteiger partial charge in [0, 0.05) is 33.1 Å². The molecule has 0 aliphatic carbocycles. The summed E-state index contributed by atoms with van der Waals surface area (Å²) in [6.45, 7) is 5.21. The predicted molar refractivity (Wildman–Crippen MR) is 64.9 cm³/mol. The lowest BCUT2D eigenvalue weighted by Gasteiger charge is -2.18. The quantitative estimate of drug-likeness (QED) is 0.670. The highest BCUT2D eigenvalue weighted by atomic mass is 16.2. The van der Waals surface area contributed by atoms with Gasteiger partial charge in [0.1, 0.15) is 0 Å². The van der Waals surface area contributed by atoms with Crippen molar-refractivity contribution in [2.45, 2.75) is 52.0 Å². The van der Waals surface area contributed by atoms with Crippen molar-refractivity contribution in [3.05, 3.63) is 0 Å². The Morgan fingerprint density at radius 1 is 1.20 bits per heavy atom. The van der Waals surface area contributed by atoms with E-state index in [2.05, 4.69) is 19.2 Å². The summed E-state index contributed by atoms with van der Waals surface area (Å²) in [4.78, 5) is 13.0. The van der Waals surface area contributed by atoms with Gasteiger partial charge in [-0.15, -0.1) is 0 Å². The molecule has 3 nitrogen and oxygen atoms in total. The Bertz CT molecular complexity index is 163. The highest BCUT2D eigenvalue weighted by Crippen LogP contribution is 2.04. The van der Waals surface area contributed by atoms with Crippen LogP contribution in [0.2, 0.25) is 0 Å². The molecule has 0 fully saturated rings. The zero-order chi connectivity index (χ0) is 11.7. The highest BCUT2D eigenvalue weighted by Gasteiger charge is 2.07. The van der Waals surface area contributed by atoms with Crippen LogP contribution in [0.4, 0.5) is 0 Å². The van der Waals surface area contributed by atoms with Crippen LogP contribution in [0, 0.1) is 0 Å². The van der Waals surface area contributed by atoms with Crippen LogP contribution >= 0.6 is 0 Å². The molecule has 0 unspecified atom stereocenters. The van der Waals surface area contributed by atoms with Gasteiger partial charge in [0.2, 0.25) is 5.91 Å². The molecule has 1 amide bonds. The smallest absolute Gasteiger partial charge is 0.223 e. The molecule has 15 heavy (non-hydrogen) atoms. The Labute approximate surface area is 94.2 Å². The van der Waals surface area contributed by atoms with Crippen molar-refractivity contribution < 1.29 is 4.79 Å². The first kappa shape index (κ1) is 14.4. The normalized spacial score (nSPS) is 10.7. The van der Waals surface area contributed by atoms with Gasteiger partial charge in [-0.3, -0.25) is 4.79 Å². The summed E-state index contributed by atoms with van der Waals surface area (Å²) in [7, 11) is 3.61. The first-order chi connectivity index (χ1) is 7.11. The zero-order valence-corrected chi connectivity index (χ0v) is 10.7. The Morgan fingerprint density at radius 2 is 1.73 bits per heavy atom. The van der Waals surface area contributed by atoms with E-state index in [0.717, 1.165) is 6.54 Å². The standard InChI is InChI=1S/C12H26N2O/c1-5-7-11(8-6-2)13-10-9-12(15)14(3)4/h11,13H,5-10H2,1-4H3. The maximum absolute atomic E-state index is 11.3. The summed E-state index contributed by atoms with van der Waals surface area (Å²) in [5.74, 6) is 0.203. The lowest BCUT2D eigenvalue weighted by Crippen LogP contribution is -2.33. The van der Waals surface area contributed by atoms with Crippen LogP contribution in [0.3, 0.4) is 0 Å².